The van der Waals surface area contributed by atoms with E-state index in [0.29, 0.717) is 0 Å². The molecule has 0 aromatic carbocycles. The van der Waals surface area contributed by atoms with E-state index >= 15 is 0 Å². The first-order valence-corrected chi connectivity index (χ1v) is 4.47. The first-order chi connectivity index (χ1) is 5.41. The molecule has 1 nitrogen and oxygen atoms in total. The molecule has 64 valence electrons. The van der Waals surface area contributed by atoms with Gasteiger partial charge in [0.2, 0.25) is 0 Å². The van der Waals surface area contributed by atoms with Gasteiger partial charge in [-0.25, -0.2) is 0 Å². The van der Waals surface area contributed by atoms with Crippen molar-refractivity contribution < 1.29 is 0 Å². The van der Waals surface area contributed by atoms with Crippen LogP contribution in [-0.2, 0) is 0 Å². The molecular formula is C10H19N. The van der Waals surface area contributed by atoms with Crippen molar-refractivity contribution in [2.24, 2.45) is 0 Å². The van der Waals surface area contributed by atoms with Crippen molar-refractivity contribution in [3.8, 4) is 0 Å². The third-order valence-electron chi connectivity index (χ3n) is 1.34. The third-order valence-corrected chi connectivity index (χ3v) is 1.34. The summed E-state index contributed by atoms with van der Waals surface area (Å²) in [4.78, 5) is 0. The summed E-state index contributed by atoms with van der Waals surface area (Å²) in [6, 6.07) is 0. The van der Waals surface area contributed by atoms with Crippen molar-refractivity contribution in [2.45, 2.75) is 39.5 Å². The summed E-state index contributed by atoms with van der Waals surface area (Å²) in [7, 11) is 0. The van der Waals surface area contributed by atoms with Gasteiger partial charge in [-0.15, -0.1) is 0 Å². The lowest BCUT2D eigenvalue weighted by atomic mass is 10.3. The van der Waals surface area contributed by atoms with Crippen LogP contribution in [0.3, 0.4) is 0 Å². The van der Waals surface area contributed by atoms with Crippen molar-refractivity contribution in [2.75, 3.05) is 0 Å². The van der Waals surface area contributed by atoms with E-state index in [-0.39, 0.29) is 0 Å². The summed E-state index contributed by atoms with van der Waals surface area (Å²) in [5, 5.41) is 3.09. The second-order valence-corrected chi connectivity index (χ2v) is 2.55. The molecule has 0 aromatic heterocycles. The molecule has 1 N–H and O–H groups in total. The SMILES string of the molecule is CCC/C=C/N/C=C/CCC. The van der Waals surface area contributed by atoms with Gasteiger partial charge in [0.15, 0.2) is 0 Å². The van der Waals surface area contributed by atoms with E-state index in [2.05, 4.69) is 31.3 Å². The molecule has 11 heavy (non-hydrogen) atoms. The second-order valence-electron chi connectivity index (χ2n) is 2.55. The molecule has 0 radical (unpaired) electrons. The van der Waals surface area contributed by atoms with Gasteiger partial charge in [0.05, 0.1) is 0 Å². The smallest absolute Gasteiger partial charge is 0.00358 e. The molecule has 0 atom stereocenters. The highest BCUT2D eigenvalue weighted by molar-refractivity contribution is 4.87. The van der Waals surface area contributed by atoms with Gasteiger partial charge in [0.25, 0.3) is 0 Å². The van der Waals surface area contributed by atoms with Crippen LogP contribution in [0.4, 0.5) is 0 Å². The summed E-state index contributed by atoms with van der Waals surface area (Å²) in [6.07, 6.45) is 13.1. The largest absolute Gasteiger partial charge is 0.368 e. The molecule has 0 amide bonds. The van der Waals surface area contributed by atoms with Crippen molar-refractivity contribution in [3.05, 3.63) is 24.6 Å². The van der Waals surface area contributed by atoms with Crippen LogP contribution < -0.4 is 5.32 Å². The zero-order chi connectivity index (χ0) is 8.36. The standard InChI is InChI=1S/C10H19N/c1-3-5-7-9-11-10-8-6-4-2/h7-11H,3-6H2,1-2H3/b9-7+,10-8+. The summed E-state index contributed by atoms with van der Waals surface area (Å²) < 4.78 is 0. The normalized spacial score (nSPS) is 11.5. The monoisotopic (exact) mass is 153 g/mol. The minimum atomic E-state index is 1.16. The number of hydrogen-bond acceptors (Lipinski definition) is 1. The number of allylic oxidation sites excluding steroid dienone is 2. The maximum Gasteiger partial charge on any atom is -0.00358 e. The Morgan fingerprint density at radius 3 is 1.73 bits per heavy atom. The summed E-state index contributed by atoms with van der Waals surface area (Å²) in [6.45, 7) is 4.36. The molecule has 1 heteroatoms. The van der Waals surface area contributed by atoms with E-state index in [1.807, 2.05) is 12.4 Å². The van der Waals surface area contributed by atoms with Crippen LogP contribution in [0.5, 0.6) is 0 Å². The van der Waals surface area contributed by atoms with Crippen LogP contribution in [0.15, 0.2) is 24.6 Å². The lowest BCUT2D eigenvalue weighted by molar-refractivity contribution is 0.938. The summed E-state index contributed by atoms with van der Waals surface area (Å²) in [5.74, 6) is 0. The zero-order valence-corrected chi connectivity index (χ0v) is 7.64. The first-order valence-electron chi connectivity index (χ1n) is 4.47. The third kappa shape index (κ3) is 9.28. The van der Waals surface area contributed by atoms with Crippen LogP contribution >= 0.6 is 0 Å². The molecule has 0 heterocycles. The van der Waals surface area contributed by atoms with Crippen LogP contribution in [0.2, 0.25) is 0 Å². The van der Waals surface area contributed by atoms with Gasteiger partial charge in [0.1, 0.15) is 0 Å². The predicted molar refractivity (Wildman–Crippen MR) is 51.2 cm³/mol. The van der Waals surface area contributed by atoms with E-state index in [1.54, 1.807) is 0 Å². The average molecular weight is 153 g/mol. The fourth-order valence-electron chi connectivity index (χ4n) is 0.692. The molecule has 0 aliphatic carbocycles. The highest BCUT2D eigenvalue weighted by atomic mass is 14.8. The van der Waals surface area contributed by atoms with Crippen molar-refractivity contribution in [1.29, 1.82) is 0 Å². The van der Waals surface area contributed by atoms with E-state index in [4.69, 9.17) is 0 Å². The molecule has 0 saturated heterocycles. The van der Waals surface area contributed by atoms with Crippen LogP contribution in [0.25, 0.3) is 0 Å². The van der Waals surface area contributed by atoms with E-state index in [9.17, 15) is 0 Å². The Morgan fingerprint density at radius 2 is 1.36 bits per heavy atom. The quantitative estimate of drug-likeness (QED) is 0.618. The van der Waals surface area contributed by atoms with E-state index in [0.717, 1.165) is 12.8 Å². The highest BCUT2D eigenvalue weighted by Crippen LogP contribution is 1.88. The minimum Gasteiger partial charge on any atom is -0.368 e. The van der Waals surface area contributed by atoms with Gasteiger partial charge >= 0.3 is 0 Å². The van der Waals surface area contributed by atoms with Crippen LogP contribution in [0.1, 0.15) is 39.5 Å². The molecule has 0 spiro atoms. The summed E-state index contributed by atoms with van der Waals surface area (Å²) >= 11 is 0. The zero-order valence-electron chi connectivity index (χ0n) is 7.64. The number of nitrogens with one attached hydrogen (secondary N) is 1. The van der Waals surface area contributed by atoms with E-state index in [1.165, 1.54) is 12.8 Å². The molecule has 0 aliphatic rings. The molecule has 0 bridgehead atoms. The van der Waals surface area contributed by atoms with Gasteiger partial charge in [0, 0.05) is 0 Å². The van der Waals surface area contributed by atoms with Crippen LogP contribution in [0, 0.1) is 0 Å². The van der Waals surface area contributed by atoms with Crippen LogP contribution in [-0.4, -0.2) is 0 Å². The lowest BCUT2D eigenvalue weighted by Crippen LogP contribution is -1.90. The number of unbranched alkanes of at least 4 members (excludes halogenated alkanes) is 2. The average Bonchev–Trinajstić information content (AvgIpc) is 2.03. The highest BCUT2D eigenvalue weighted by Gasteiger charge is 1.71. The Labute approximate surface area is 70.2 Å². The fourth-order valence-corrected chi connectivity index (χ4v) is 0.692. The summed E-state index contributed by atoms with van der Waals surface area (Å²) in [5.41, 5.74) is 0. The Balaban J connectivity index is 3.11. The molecule has 0 rings (SSSR count). The number of rotatable bonds is 6. The molecule has 0 unspecified atom stereocenters. The van der Waals surface area contributed by atoms with Gasteiger partial charge in [-0.2, -0.15) is 0 Å². The Bertz CT molecular complexity index is 100. The molecule has 0 saturated carbocycles. The van der Waals surface area contributed by atoms with E-state index < -0.39 is 0 Å². The van der Waals surface area contributed by atoms with Gasteiger partial charge in [-0.05, 0) is 25.2 Å². The predicted octanol–water partition coefficient (Wildman–Crippen LogP) is 3.20. The van der Waals surface area contributed by atoms with Crippen molar-refractivity contribution >= 4 is 0 Å². The maximum absolute atomic E-state index is 3.09. The topological polar surface area (TPSA) is 12.0 Å². The second kappa shape index (κ2) is 9.28. The Morgan fingerprint density at radius 1 is 0.909 bits per heavy atom. The van der Waals surface area contributed by atoms with Crippen molar-refractivity contribution in [3.63, 3.8) is 0 Å². The molecular weight excluding hydrogens is 134 g/mol. The Hall–Kier alpha value is -0.720. The maximum atomic E-state index is 3.09. The molecule has 0 fully saturated rings. The van der Waals surface area contributed by atoms with Gasteiger partial charge < -0.3 is 5.32 Å². The molecule has 0 aliphatic heterocycles. The fraction of sp³-hybridized carbons (Fsp3) is 0.600. The van der Waals surface area contributed by atoms with Gasteiger partial charge in [-0.1, -0.05) is 38.8 Å². The Kier molecular flexibility index (Phi) is 8.67. The minimum absolute atomic E-state index is 1.16. The van der Waals surface area contributed by atoms with Crippen molar-refractivity contribution in [1.82, 2.24) is 5.32 Å². The van der Waals surface area contributed by atoms with Gasteiger partial charge in [-0.3, -0.25) is 0 Å². The number of hydrogen-bond donors (Lipinski definition) is 1. The lowest BCUT2D eigenvalue weighted by Gasteiger charge is -1.88. The molecule has 0 aromatic rings. The first kappa shape index (κ1) is 10.3.